The largest absolute Gasteiger partial charge is 0.297 e. The molecule has 0 fully saturated rings. The highest BCUT2D eigenvalue weighted by atomic mass is 14.7. The number of nitrogens with zero attached hydrogens (tertiary/aromatic N) is 1. The lowest BCUT2D eigenvalue weighted by atomic mass is 10.0. The highest BCUT2D eigenvalue weighted by molar-refractivity contribution is 5.88. The van der Waals surface area contributed by atoms with Crippen molar-refractivity contribution < 1.29 is 0 Å². The van der Waals surface area contributed by atoms with E-state index in [0.717, 1.165) is 12.8 Å². The first-order valence-corrected chi connectivity index (χ1v) is 4.85. The van der Waals surface area contributed by atoms with Gasteiger partial charge in [-0.25, -0.2) is 0 Å². The molecule has 0 saturated carbocycles. The zero-order valence-electron chi connectivity index (χ0n) is 8.96. The molecule has 1 aromatic carbocycles. The van der Waals surface area contributed by atoms with Crippen LogP contribution < -0.4 is 0 Å². The van der Waals surface area contributed by atoms with Crippen molar-refractivity contribution >= 4 is 5.71 Å². The van der Waals surface area contributed by atoms with Crippen molar-refractivity contribution in [1.82, 2.24) is 0 Å². The van der Waals surface area contributed by atoms with Gasteiger partial charge in [-0.1, -0.05) is 42.5 Å². The first-order valence-electron chi connectivity index (χ1n) is 4.85. The maximum Gasteiger partial charge on any atom is 0.0276 e. The second kappa shape index (κ2) is 5.38. The first kappa shape index (κ1) is 10.7. The van der Waals surface area contributed by atoms with Gasteiger partial charge in [-0.05, 0) is 12.5 Å². The van der Waals surface area contributed by atoms with Gasteiger partial charge in [-0.3, -0.25) is 4.99 Å². The summed E-state index contributed by atoms with van der Waals surface area (Å²) < 4.78 is 0. The average molecular weight is 187 g/mol. The predicted molar refractivity (Wildman–Crippen MR) is 62.9 cm³/mol. The molecule has 0 heterocycles. The van der Waals surface area contributed by atoms with Gasteiger partial charge >= 0.3 is 0 Å². The summed E-state index contributed by atoms with van der Waals surface area (Å²) in [6.45, 7) is 5.94. The van der Waals surface area contributed by atoms with E-state index in [9.17, 15) is 0 Å². The minimum Gasteiger partial charge on any atom is -0.297 e. The van der Waals surface area contributed by atoms with Crippen LogP contribution in [0.5, 0.6) is 0 Å². The normalized spacial score (nSPS) is 11.4. The topological polar surface area (TPSA) is 12.4 Å². The van der Waals surface area contributed by atoms with Crippen LogP contribution in [0, 0.1) is 0 Å². The van der Waals surface area contributed by atoms with Gasteiger partial charge in [0.2, 0.25) is 0 Å². The summed E-state index contributed by atoms with van der Waals surface area (Å²) >= 11 is 0. The molecule has 1 heteroatoms. The smallest absolute Gasteiger partial charge is 0.0276 e. The van der Waals surface area contributed by atoms with Gasteiger partial charge in [0.1, 0.15) is 0 Å². The van der Waals surface area contributed by atoms with E-state index < -0.39 is 0 Å². The lowest BCUT2D eigenvalue weighted by Crippen LogP contribution is -2.03. The third-order valence-corrected chi connectivity index (χ3v) is 2.07. The van der Waals surface area contributed by atoms with Crippen molar-refractivity contribution in [2.24, 2.45) is 4.99 Å². The number of rotatable bonds is 4. The van der Waals surface area contributed by atoms with Crippen molar-refractivity contribution in [1.29, 1.82) is 0 Å². The molecule has 0 amide bonds. The Morgan fingerprint density at radius 1 is 1.29 bits per heavy atom. The second-order valence-electron chi connectivity index (χ2n) is 3.59. The first-order chi connectivity index (χ1) is 6.72. The summed E-state index contributed by atoms with van der Waals surface area (Å²) in [6, 6.07) is 10.4. The molecule has 0 aromatic heterocycles. The number of benzene rings is 1. The van der Waals surface area contributed by atoms with Crippen LogP contribution in [0.3, 0.4) is 0 Å². The van der Waals surface area contributed by atoms with E-state index in [2.05, 4.69) is 35.8 Å². The quantitative estimate of drug-likeness (QED) is 0.507. The van der Waals surface area contributed by atoms with Gasteiger partial charge in [-0.15, -0.1) is 0 Å². The van der Waals surface area contributed by atoms with Crippen LogP contribution in [0.2, 0.25) is 0 Å². The Balaban J connectivity index is 2.63. The van der Waals surface area contributed by atoms with Gasteiger partial charge in [-0.2, -0.15) is 0 Å². The molecule has 0 N–H and O–H groups in total. The van der Waals surface area contributed by atoms with Crippen molar-refractivity contribution in [3.8, 4) is 0 Å². The molecule has 0 spiro atoms. The molecule has 0 unspecified atom stereocenters. The minimum absolute atomic E-state index is 0.908. The molecular weight excluding hydrogens is 170 g/mol. The number of hydrogen-bond donors (Lipinski definition) is 0. The van der Waals surface area contributed by atoms with Gasteiger partial charge in [0.25, 0.3) is 0 Å². The zero-order valence-corrected chi connectivity index (χ0v) is 8.96. The van der Waals surface area contributed by atoms with Crippen LogP contribution in [0.25, 0.3) is 0 Å². The average Bonchev–Trinajstić information content (AvgIpc) is 2.17. The molecular formula is C13H17N. The van der Waals surface area contributed by atoms with Crippen molar-refractivity contribution in [2.45, 2.75) is 19.8 Å². The molecule has 74 valence electrons. The summed E-state index contributed by atoms with van der Waals surface area (Å²) in [5.41, 5.74) is 3.68. The van der Waals surface area contributed by atoms with Gasteiger partial charge < -0.3 is 0 Å². The van der Waals surface area contributed by atoms with E-state index in [4.69, 9.17) is 0 Å². The van der Waals surface area contributed by atoms with E-state index >= 15 is 0 Å². The highest BCUT2D eigenvalue weighted by Crippen LogP contribution is 2.06. The zero-order chi connectivity index (χ0) is 10.4. The fourth-order valence-corrected chi connectivity index (χ4v) is 1.40. The highest BCUT2D eigenvalue weighted by Gasteiger charge is 2.00. The monoisotopic (exact) mass is 187 g/mol. The molecule has 1 aromatic rings. The Labute approximate surface area is 86.2 Å². The van der Waals surface area contributed by atoms with Crippen LogP contribution in [0.15, 0.2) is 47.5 Å². The summed E-state index contributed by atoms with van der Waals surface area (Å²) in [5.74, 6) is 0. The number of hydrogen-bond acceptors (Lipinski definition) is 1. The van der Waals surface area contributed by atoms with Crippen LogP contribution in [0.1, 0.15) is 18.9 Å². The maximum atomic E-state index is 4.28. The van der Waals surface area contributed by atoms with Gasteiger partial charge in [0.15, 0.2) is 0 Å². The van der Waals surface area contributed by atoms with E-state index in [0.29, 0.717) is 0 Å². The molecule has 0 atom stereocenters. The molecule has 0 aliphatic rings. The Morgan fingerprint density at radius 2 is 1.93 bits per heavy atom. The second-order valence-corrected chi connectivity index (χ2v) is 3.59. The molecule has 0 aliphatic heterocycles. The van der Waals surface area contributed by atoms with E-state index in [1.807, 2.05) is 20.0 Å². The molecule has 14 heavy (non-hydrogen) atoms. The van der Waals surface area contributed by atoms with Crippen LogP contribution >= 0.6 is 0 Å². The van der Waals surface area contributed by atoms with E-state index in [1.165, 1.54) is 16.8 Å². The SMILES string of the molecule is C=C(C)CC(Cc1ccccc1)=NC. The van der Waals surface area contributed by atoms with Crippen LogP contribution in [-0.4, -0.2) is 12.8 Å². The predicted octanol–water partition coefficient (Wildman–Crippen LogP) is 3.27. The number of allylic oxidation sites excluding steroid dienone is 1. The molecule has 1 rings (SSSR count). The Bertz CT molecular complexity index is 322. The van der Waals surface area contributed by atoms with E-state index in [-0.39, 0.29) is 0 Å². The molecule has 1 nitrogen and oxygen atoms in total. The molecule has 0 saturated heterocycles. The van der Waals surface area contributed by atoms with Gasteiger partial charge in [0, 0.05) is 25.6 Å². The molecule has 0 aliphatic carbocycles. The Hall–Kier alpha value is -1.37. The minimum atomic E-state index is 0.908. The third-order valence-electron chi connectivity index (χ3n) is 2.07. The van der Waals surface area contributed by atoms with E-state index in [1.54, 1.807) is 0 Å². The summed E-state index contributed by atoms with van der Waals surface area (Å²) in [5, 5.41) is 0. The lowest BCUT2D eigenvalue weighted by molar-refractivity contribution is 1.17. The Kier molecular flexibility index (Phi) is 4.11. The maximum absolute atomic E-state index is 4.28. The van der Waals surface area contributed by atoms with Crippen LogP contribution in [0.4, 0.5) is 0 Å². The molecule has 0 bridgehead atoms. The summed E-state index contributed by atoms with van der Waals surface area (Å²) in [4.78, 5) is 4.28. The Morgan fingerprint density at radius 3 is 2.43 bits per heavy atom. The summed E-state index contributed by atoms with van der Waals surface area (Å²) in [7, 11) is 1.85. The number of aliphatic imine (C=N–C) groups is 1. The van der Waals surface area contributed by atoms with Crippen LogP contribution in [-0.2, 0) is 6.42 Å². The lowest BCUT2D eigenvalue weighted by Gasteiger charge is -2.05. The summed E-state index contributed by atoms with van der Waals surface area (Å²) in [6.07, 6.45) is 1.84. The van der Waals surface area contributed by atoms with Crippen molar-refractivity contribution in [2.75, 3.05) is 7.05 Å². The molecule has 0 radical (unpaired) electrons. The van der Waals surface area contributed by atoms with Crippen molar-refractivity contribution in [3.05, 3.63) is 48.0 Å². The third kappa shape index (κ3) is 3.56. The fraction of sp³-hybridized carbons (Fsp3) is 0.308. The standard InChI is InChI=1S/C13H17N/c1-11(2)9-13(14-3)10-12-7-5-4-6-8-12/h4-8H,1,9-10H2,2-3H3. The van der Waals surface area contributed by atoms with Crippen molar-refractivity contribution in [3.63, 3.8) is 0 Å². The van der Waals surface area contributed by atoms with Gasteiger partial charge in [0.05, 0.1) is 0 Å². The fourth-order valence-electron chi connectivity index (χ4n) is 1.40.